The maximum absolute atomic E-state index is 4.88. The van der Waals surface area contributed by atoms with Gasteiger partial charge in [-0.15, -0.1) is 0 Å². The molecule has 2 rings (SSSR count). The van der Waals surface area contributed by atoms with Crippen LogP contribution in [0, 0.1) is 0 Å². The van der Waals surface area contributed by atoms with Crippen LogP contribution >= 0.6 is 0 Å². The van der Waals surface area contributed by atoms with Gasteiger partial charge >= 0.3 is 0 Å². The van der Waals surface area contributed by atoms with Gasteiger partial charge in [-0.2, -0.15) is 0 Å². The summed E-state index contributed by atoms with van der Waals surface area (Å²) in [4.78, 5) is 14.3. The predicted molar refractivity (Wildman–Crippen MR) is 135 cm³/mol. The smallest absolute Gasteiger partial charge is 0.0635 e. The molecule has 5 heteroatoms. The third-order valence-corrected chi connectivity index (χ3v) is 5.38. The first kappa shape index (κ1) is 27.1. The summed E-state index contributed by atoms with van der Waals surface area (Å²) >= 11 is 0. The molecule has 0 aliphatic carbocycles. The van der Waals surface area contributed by atoms with Crippen LogP contribution in [-0.2, 0) is 20.4 Å². The summed E-state index contributed by atoms with van der Waals surface area (Å²) < 4.78 is 0. The largest absolute Gasteiger partial charge is 0.372 e. The quantitative estimate of drug-likeness (QED) is 0.225. The minimum absolute atomic E-state index is 0. The number of hydrogen-bond donors (Lipinski definition) is 0. The van der Waals surface area contributed by atoms with Gasteiger partial charge in [0.1, 0.15) is 0 Å². The average Bonchev–Trinajstić information content (AvgIpc) is 2.79. The Kier molecular flexibility index (Phi) is 13.1. The van der Waals surface area contributed by atoms with Gasteiger partial charge in [0.2, 0.25) is 0 Å². The van der Waals surface area contributed by atoms with E-state index in [0.717, 1.165) is 62.5 Å². The van der Waals surface area contributed by atoms with Crippen molar-refractivity contribution < 1.29 is 20.4 Å². The maximum atomic E-state index is 4.88. The van der Waals surface area contributed by atoms with E-state index < -0.39 is 0 Å². The number of rotatable bonds is 12. The molecule has 4 nitrogen and oxygen atoms in total. The Bertz CT molecular complexity index is 789. The van der Waals surface area contributed by atoms with Crippen LogP contribution in [0.4, 0.5) is 22.7 Å². The number of aliphatic imine (C=N–C) groups is 2. The molecule has 0 bridgehead atoms. The zero-order valence-corrected chi connectivity index (χ0v) is 21.3. The Morgan fingerprint density at radius 1 is 0.710 bits per heavy atom. The van der Waals surface area contributed by atoms with Gasteiger partial charge in [0.05, 0.1) is 17.1 Å². The summed E-state index contributed by atoms with van der Waals surface area (Å²) in [6, 6.07) is 17.0. The minimum Gasteiger partial charge on any atom is -0.372 e. The summed E-state index contributed by atoms with van der Waals surface area (Å²) in [5.74, 6) is 0. The molecule has 0 atom stereocenters. The van der Waals surface area contributed by atoms with Crippen molar-refractivity contribution in [3.05, 3.63) is 48.5 Å². The average molecular weight is 513 g/mol. The van der Waals surface area contributed by atoms with Crippen LogP contribution in [0.15, 0.2) is 58.5 Å². The van der Waals surface area contributed by atoms with E-state index in [1.54, 1.807) is 0 Å². The molecular formula is C26H38N4Pd. The predicted octanol–water partition coefficient (Wildman–Crippen LogP) is 7.04. The van der Waals surface area contributed by atoms with E-state index in [-0.39, 0.29) is 20.4 Å². The van der Waals surface area contributed by atoms with Crippen molar-refractivity contribution in [3.63, 3.8) is 0 Å². The fourth-order valence-corrected chi connectivity index (χ4v) is 3.49. The van der Waals surface area contributed by atoms with E-state index in [2.05, 4.69) is 92.9 Å². The van der Waals surface area contributed by atoms with Crippen LogP contribution in [0.3, 0.4) is 0 Å². The van der Waals surface area contributed by atoms with Gasteiger partial charge in [0.15, 0.2) is 0 Å². The van der Waals surface area contributed by atoms with Crippen LogP contribution in [-0.4, -0.2) is 38.1 Å². The van der Waals surface area contributed by atoms with Crippen molar-refractivity contribution in [2.75, 3.05) is 36.0 Å². The molecule has 0 aliphatic heterocycles. The molecule has 2 aromatic rings. The zero-order chi connectivity index (χ0) is 21.8. The fraction of sp³-hybridized carbons (Fsp3) is 0.462. The van der Waals surface area contributed by atoms with E-state index in [0.29, 0.717) is 0 Å². The molecule has 31 heavy (non-hydrogen) atoms. The van der Waals surface area contributed by atoms with Gasteiger partial charge in [-0.1, -0.05) is 13.3 Å². The van der Waals surface area contributed by atoms with Gasteiger partial charge in [0.25, 0.3) is 0 Å². The van der Waals surface area contributed by atoms with Gasteiger partial charge in [-0.3, -0.25) is 9.98 Å². The normalized spacial score (nSPS) is 11.5. The second-order valence-corrected chi connectivity index (χ2v) is 7.34. The SMILES string of the molecule is CCCCC(/C=N/c1ccc(N(CC)CC)cc1)=N\c1ccc(N(CC)CC)cc1.[Pd]. The molecule has 0 unspecified atom stereocenters. The van der Waals surface area contributed by atoms with Gasteiger partial charge in [0, 0.05) is 64.2 Å². The molecule has 0 spiro atoms. The first-order valence-corrected chi connectivity index (χ1v) is 11.5. The number of unbranched alkanes of at least 4 members (excludes halogenated alkanes) is 1. The second kappa shape index (κ2) is 14.9. The fourth-order valence-electron chi connectivity index (χ4n) is 3.49. The van der Waals surface area contributed by atoms with Crippen molar-refractivity contribution >= 4 is 34.7 Å². The van der Waals surface area contributed by atoms with Crippen molar-refractivity contribution in [2.24, 2.45) is 9.98 Å². The van der Waals surface area contributed by atoms with E-state index in [4.69, 9.17) is 9.98 Å². The van der Waals surface area contributed by atoms with E-state index >= 15 is 0 Å². The minimum atomic E-state index is 0. The number of benzene rings is 2. The topological polar surface area (TPSA) is 31.2 Å². The molecule has 0 aliphatic rings. The molecule has 0 amide bonds. The Labute approximate surface area is 203 Å². The van der Waals surface area contributed by atoms with E-state index in [1.165, 1.54) is 11.4 Å². The summed E-state index contributed by atoms with van der Waals surface area (Å²) in [5, 5.41) is 0. The van der Waals surface area contributed by atoms with E-state index in [9.17, 15) is 0 Å². The summed E-state index contributed by atoms with van der Waals surface area (Å²) in [6.45, 7) is 15.0. The molecule has 0 saturated carbocycles. The van der Waals surface area contributed by atoms with Gasteiger partial charge in [-0.05, 0) is 89.1 Å². The Hall–Kier alpha value is -1.96. The summed E-state index contributed by atoms with van der Waals surface area (Å²) in [5.41, 5.74) is 5.47. The summed E-state index contributed by atoms with van der Waals surface area (Å²) in [6.07, 6.45) is 5.13. The first-order valence-electron chi connectivity index (χ1n) is 11.5. The Morgan fingerprint density at radius 2 is 1.16 bits per heavy atom. The molecule has 0 saturated heterocycles. The number of hydrogen-bond acceptors (Lipinski definition) is 4. The monoisotopic (exact) mass is 512 g/mol. The standard InChI is InChI=1S/C26H38N4.Pd/c1-6-11-12-24(28-23-15-19-26(20-16-23)30(9-4)10-5)21-27-22-13-17-25(18-14-22)29(7-2)8-3;/h13-21H,6-12H2,1-5H3;/b27-21+,28-24+;. The Morgan fingerprint density at radius 3 is 1.58 bits per heavy atom. The van der Waals surface area contributed by atoms with E-state index in [1.807, 2.05) is 6.21 Å². The van der Waals surface area contributed by atoms with Crippen LogP contribution in [0.1, 0.15) is 53.9 Å². The Balaban J connectivity index is 0.00000480. The van der Waals surface area contributed by atoms with Crippen molar-refractivity contribution in [3.8, 4) is 0 Å². The molecule has 172 valence electrons. The molecule has 0 N–H and O–H groups in total. The molecule has 0 heterocycles. The molecule has 0 radical (unpaired) electrons. The van der Waals surface area contributed by atoms with Crippen LogP contribution < -0.4 is 9.80 Å². The molecule has 2 aromatic carbocycles. The second-order valence-electron chi connectivity index (χ2n) is 7.34. The summed E-state index contributed by atoms with van der Waals surface area (Å²) in [7, 11) is 0. The first-order chi connectivity index (χ1) is 14.6. The van der Waals surface area contributed by atoms with Crippen LogP contribution in [0.5, 0.6) is 0 Å². The van der Waals surface area contributed by atoms with Crippen LogP contribution in [0.2, 0.25) is 0 Å². The van der Waals surface area contributed by atoms with Crippen molar-refractivity contribution in [1.82, 2.24) is 0 Å². The molecule has 0 aromatic heterocycles. The van der Waals surface area contributed by atoms with Crippen LogP contribution in [0.25, 0.3) is 0 Å². The number of anilines is 2. The zero-order valence-electron chi connectivity index (χ0n) is 19.8. The van der Waals surface area contributed by atoms with Crippen molar-refractivity contribution in [2.45, 2.75) is 53.9 Å². The third kappa shape index (κ3) is 8.59. The third-order valence-electron chi connectivity index (χ3n) is 5.38. The van der Waals surface area contributed by atoms with Crippen molar-refractivity contribution in [1.29, 1.82) is 0 Å². The molecular weight excluding hydrogens is 475 g/mol. The molecule has 0 fully saturated rings. The number of nitrogens with zero attached hydrogens (tertiary/aromatic N) is 4. The van der Waals surface area contributed by atoms with Gasteiger partial charge < -0.3 is 9.80 Å². The maximum Gasteiger partial charge on any atom is 0.0635 e. The van der Waals surface area contributed by atoms with Gasteiger partial charge in [-0.25, -0.2) is 0 Å².